The summed E-state index contributed by atoms with van der Waals surface area (Å²) < 4.78 is 37.5. The summed E-state index contributed by atoms with van der Waals surface area (Å²) in [5, 5.41) is 0. The van der Waals surface area contributed by atoms with E-state index in [1.54, 1.807) is 31.2 Å². The second-order valence-corrected chi connectivity index (χ2v) is 7.87. The van der Waals surface area contributed by atoms with Crippen LogP contribution in [0.4, 0.5) is 0 Å². The van der Waals surface area contributed by atoms with E-state index in [9.17, 15) is 13.2 Å². The zero-order chi connectivity index (χ0) is 17.3. The number of nitrogens with zero attached hydrogens (tertiary/aromatic N) is 1. The molecule has 6 nitrogen and oxygen atoms in total. The third-order valence-corrected chi connectivity index (χ3v) is 5.77. The number of ether oxygens (including phenoxy) is 1. The summed E-state index contributed by atoms with van der Waals surface area (Å²) >= 11 is 0. The first-order valence-corrected chi connectivity index (χ1v) is 9.14. The van der Waals surface area contributed by atoms with Gasteiger partial charge in [-0.3, -0.25) is 0 Å². The summed E-state index contributed by atoms with van der Waals surface area (Å²) in [4.78, 5) is 11.7. The van der Waals surface area contributed by atoms with Crippen LogP contribution in [0.1, 0.15) is 17.7 Å². The summed E-state index contributed by atoms with van der Waals surface area (Å²) in [5.41, 5.74) is 0.418. The zero-order valence-electron chi connectivity index (χ0n) is 13.6. The highest BCUT2D eigenvalue weighted by molar-refractivity contribution is 7.89. The van der Waals surface area contributed by atoms with Crippen molar-refractivity contribution in [3.8, 4) is 5.75 Å². The molecule has 1 atom stereocenters. The molecule has 128 valence electrons. The summed E-state index contributed by atoms with van der Waals surface area (Å²) in [6.45, 7) is 4.17. The van der Waals surface area contributed by atoms with Crippen LogP contribution in [0.3, 0.4) is 0 Å². The van der Waals surface area contributed by atoms with Gasteiger partial charge in [-0.25, -0.2) is 13.2 Å². The normalized spacial score (nSPS) is 18.7. The van der Waals surface area contributed by atoms with E-state index in [2.05, 4.69) is 0 Å². The molecule has 1 fully saturated rings. The highest BCUT2D eigenvalue weighted by atomic mass is 32.2. The minimum Gasteiger partial charge on any atom is -0.489 e. The lowest BCUT2D eigenvalue weighted by Crippen LogP contribution is -2.31. The van der Waals surface area contributed by atoms with E-state index in [0.717, 1.165) is 5.56 Å². The minimum atomic E-state index is -3.53. The van der Waals surface area contributed by atoms with Gasteiger partial charge >= 0.3 is 5.63 Å². The van der Waals surface area contributed by atoms with E-state index in [4.69, 9.17) is 9.15 Å². The molecular weight excluding hydrogens is 330 g/mol. The third-order valence-electron chi connectivity index (χ3n) is 3.91. The van der Waals surface area contributed by atoms with E-state index in [-0.39, 0.29) is 12.6 Å². The van der Waals surface area contributed by atoms with Gasteiger partial charge in [-0.2, -0.15) is 4.31 Å². The van der Waals surface area contributed by atoms with Crippen molar-refractivity contribution in [2.45, 2.75) is 31.3 Å². The number of benzene rings is 1. The Labute approximate surface area is 140 Å². The van der Waals surface area contributed by atoms with E-state index in [1.807, 2.05) is 13.0 Å². The molecule has 3 rings (SSSR count). The monoisotopic (exact) mass is 349 g/mol. The van der Waals surface area contributed by atoms with Crippen molar-refractivity contribution in [2.75, 3.05) is 13.1 Å². The maximum atomic E-state index is 12.7. The molecule has 24 heavy (non-hydrogen) atoms. The Balaban J connectivity index is 1.74. The van der Waals surface area contributed by atoms with E-state index in [0.29, 0.717) is 29.4 Å². The molecule has 1 aliphatic rings. The molecule has 0 radical (unpaired) electrons. The van der Waals surface area contributed by atoms with E-state index < -0.39 is 15.6 Å². The summed E-state index contributed by atoms with van der Waals surface area (Å²) in [6, 6.07) is 9.75. The van der Waals surface area contributed by atoms with Gasteiger partial charge in [0.15, 0.2) is 0 Å². The molecule has 0 bridgehead atoms. The Bertz CT molecular complexity index is 903. The van der Waals surface area contributed by atoms with Crippen molar-refractivity contribution in [3.05, 3.63) is 58.1 Å². The molecule has 2 heterocycles. The largest absolute Gasteiger partial charge is 0.489 e. The number of rotatable bonds is 4. The van der Waals surface area contributed by atoms with Crippen molar-refractivity contribution in [2.24, 2.45) is 0 Å². The van der Waals surface area contributed by atoms with Gasteiger partial charge in [-0.1, -0.05) is 12.1 Å². The SMILES string of the molecule is Cc1cccc(S(=O)(=O)N2CCC(Oc3cc(C)oc(=O)c3)C2)c1. The first-order valence-electron chi connectivity index (χ1n) is 7.70. The Morgan fingerprint density at radius 2 is 2.00 bits per heavy atom. The number of aryl methyl sites for hydroxylation is 2. The summed E-state index contributed by atoms with van der Waals surface area (Å²) in [6.07, 6.45) is 0.287. The van der Waals surface area contributed by atoms with Gasteiger partial charge in [0, 0.05) is 12.6 Å². The van der Waals surface area contributed by atoms with E-state index in [1.165, 1.54) is 10.4 Å². The Morgan fingerprint density at radius 3 is 2.71 bits per heavy atom. The zero-order valence-corrected chi connectivity index (χ0v) is 14.4. The predicted molar refractivity (Wildman–Crippen MR) is 88.7 cm³/mol. The van der Waals surface area contributed by atoms with Crippen LogP contribution < -0.4 is 10.4 Å². The van der Waals surface area contributed by atoms with Gasteiger partial charge < -0.3 is 9.15 Å². The maximum Gasteiger partial charge on any atom is 0.339 e. The molecule has 1 aliphatic heterocycles. The van der Waals surface area contributed by atoms with Gasteiger partial charge in [-0.15, -0.1) is 0 Å². The fourth-order valence-electron chi connectivity index (χ4n) is 2.77. The lowest BCUT2D eigenvalue weighted by atomic mass is 10.2. The molecule has 0 amide bonds. The maximum absolute atomic E-state index is 12.7. The third kappa shape index (κ3) is 3.52. The van der Waals surface area contributed by atoms with Crippen LogP contribution in [-0.4, -0.2) is 31.9 Å². The Kier molecular flexibility index (Phi) is 4.47. The van der Waals surface area contributed by atoms with Gasteiger partial charge in [0.25, 0.3) is 0 Å². The van der Waals surface area contributed by atoms with Crippen LogP contribution in [0, 0.1) is 13.8 Å². The van der Waals surface area contributed by atoms with Gasteiger partial charge in [0.05, 0.1) is 17.5 Å². The van der Waals surface area contributed by atoms with Gasteiger partial charge in [-0.05, 0) is 38.0 Å². The van der Waals surface area contributed by atoms with Crippen LogP contribution in [0.2, 0.25) is 0 Å². The van der Waals surface area contributed by atoms with Crippen LogP contribution in [0.5, 0.6) is 5.75 Å². The molecule has 2 aromatic rings. The number of hydrogen-bond donors (Lipinski definition) is 0. The molecule has 7 heteroatoms. The number of sulfonamides is 1. The average molecular weight is 349 g/mol. The van der Waals surface area contributed by atoms with Crippen molar-refractivity contribution in [1.82, 2.24) is 4.31 Å². The summed E-state index contributed by atoms with van der Waals surface area (Å²) in [5.74, 6) is 0.864. The van der Waals surface area contributed by atoms with Gasteiger partial charge in [0.2, 0.25) is 10.0 Å². The molecule has 0 aliphatic carbocycles. The predicted octanol–water partition coefficient (Wildman–Crippen LogP) is 2.10. The van der Waals surface area contributed by atoms with Crippen molar-refractivity contribution in [1.29, 1.82) is 0 Å². The molecule has 1 aromatic carbocycles. The molecule has 0 saturated carbocycles. The molecule has 1 aromatic heterocycles. The van der Waals surface area contributed by atoms with Gasteiger partial charge in [0.1, 0.15) is 17.6 Å². The Morgan fingerprint density at radius 1 is 1.21 bits per heavy atom. The van der Waals surface area contributed by atoms with E-state index >= 15 is 0 Å². The quantitative estimate of drug-likeness (QED) is 0.845. The lowest BCUT2D eigenvalue weighted by Gasteiger charge is -2.17. The summed E-state index contributed by atoms with van der Waals surface area (Å²) in [7, 11) is -3.53. The van der Waals surface area contributed by atoms with Crippen LogP contribution in [-0.2, 0) is 10.0 Å². The second-order valence-electron chi connectivity index (χ2n) is 5.93. The molecule has 1 unspecified atom stereocenters. The second kappa shape index (κ2) is 6.41. The van der Waals surface area contributed by atoms with Crippen molar-refractivity contribution < 1.29 is 17.6 Å². The molecule has 1 saturated heterocycles. The van der Waals surface area contributed by atoms with Crippen molar-refractivity contribution >= 4 is 10.0 Å². The molecule has 0 N–H and O–H groups in total. The fraction of sp³-hybridized carbons (Fsp3) is 0.353. The smallest absolute Gasteiger partial charge is 0.339 e. The topological polar surface area (TPSA) is 76.8 Å². The molecule has 0 spiro atoms. The minimum absolute atomic E-state index is 0.259. The fourth-order valence-corrected chi connectivity index (χ4v) is 4.37. The lowest BCUT2D eigenvalue weighted by molar-refractivity contribution is 0.213. The first kappa shape index (κ1) is 16.7. The van der Waals surface area contributed by atoms with Crippen molar-refractivity contribution in [3.63, 3.8) is 0 Å². The standard InChI is InChI=1S/C17H19NO5S/c1-12-4-3-5-16(8-12)24(20,21)18-7-6-14(11-18)23-15-9-13(2)22-17(19)10-15/h3-5,8-10,14H,6-7,11H2,1-2H3. The average Bonchev–Trinajstić information content (AvgIpc) is 2.95. The van der Waals surface area contributed by atoms with Crippen LogP contribution in [0.25, 0.3) is 0 Å². The van der Waals surface area contributed by atoms with Crippen LogP contribution >= 0.6 is 0 Å². The Hall–Kier alpha value is -2.12. The van der Waals surface area contributed by atoms with Crippen LogP contribution in [0.15, 0.2) is 50.5 Å². The molecular formula is C17H19NO5S. The number of hydrogen-bond acceptors (Lipinski definition) is 5. The first-order chi connectivity index (χ1) is 11.3. The highest BCUT2D eigenvalue weighted by Gasteiger charge is 2.33. The highest BCUT2D eigenvalue weighted by Crippen LogP contribution is 2.24.